The van der Waals surface area contributed by atoms with Crippen molar-refractivity contribution in [3.63, 3.8) is 0 Å². The number of sulfonamides is 1. The third kappa shape index (κ3) is 4.36. The minimum absolute atomic E-state index is 0.136. The van der Waals surface area contributed by atoms with Crippen LogP contribution in [-0.4, -0.2) is 25.4 Å². The maximum Gasteiger partial charge on any atom is 0.241 e. The highest BCUT2D eigenvalue weighted by molar-refractivity contribution is 7.89. The first-order valence-corrected chi connectivity index (χ1v) is 9.05. The minimum atomic E-state index is -3.72. The third-order valence-electron chi connectivity index (χ3n) is 2.98. The van der Waals surface area contributed by atoms with E-state index >= 15 is 0 Å². The number of carbonyl (C=O) groups excluding carboxylic acids is 1. The first-order valence-electron chi connectivity index (χ1n) is 6.62. The zero-order chi connectivity index (χ0) is 16.2. The minimum Gasteiger partial charge on any atom is -0.349 e. The molecule has 0 unspecified atom stereocenters. The van der Waals surface area contributed by atoms with Gasteiger partial charge in [-0.3, -0.25) is 4.79 Å². The van der Waals surface area contributed by atoms with Crippen molar-refractivity contribution in [3.05, 3.63) is 46.4 Å². The quantitative estimate of drug-likeness (QED) is 0.833. The second-order valence-electron chi connectivity index (χ2n) is 4.85. The molecule has 0 fully saturated rings. The van der Waals surface area contributed by atoms with E-state index in [9.17, 15) is 13.2 Å². The maximum atomic E-state index is 12.2. The molecule has 0 radical (unpaired) electrons. The van der Waals surface area contributed by atoms with E-state index < -0.39 is 22.0 Å². The Bertz CT molecular complexity index is 725. The van der Waals surface area contributed by atoms with Gasteiger partial charge in [0.2, 0.25) is 15.9 Å². The van der Waals surface area contributed by atoms with E-state index in [1.165, 1.54) is 30.4 Å². The summed E-state index contributed by atoms with van der Waals surface area (Å²) in [4.78, 5) is 16.1. The summed E-state index contributed by atoms with van der Waals surface area (Å²) in [5.74, 6) is -0.399. The first-order chi connectivity index (χ1) is 10.4. The number of amides is 1. The molecule has 1 atom stereocenters. The topological polar surface area (TPSA) is 88.2 Å². The molecule has 1 heterocycles. The van der Waals surface area contributed by atoms with Crippen LogP contribution in [-0.2, 0) is 21.4 Å². The van der Waals surface area contributed by atoms with Crippen LogP contribution < -0.4 is 10.0 Å². The lowest BCUT2D eigenvalue weighted by molar-refractivity contribution is -0.122. The van der Waals surface area contributed by atoms with Gasteiger partial charge in [0.1, 0.15) is 0 Å². The number of thiazole rings is 1. The van der Waals surface area contributed by atoms with E-state index in [-0.39, 0.29) is 11.4 Å². The SMILES string of the molecule is Cc1ccc(S(=O)(=O)N[C@@H](C)C(=O)NCc2cscn2)cc1. The van der Waals surface area contributed by atoms with Gasteiger partial charge in [-0.05, 0) is 26.0 Å². The third-order valence-corrected chi connectivity index (χ3v) is 5.18. The number of nitrogens with one attached hydrogen (secondary N) is 2. The molecule has 2 rings (SSSR count). The van der Waals surface area contributed by atoms with Crippen LogP contribution in [0.2, 0.25) is 0 Å². The van der Waals surface area contributed by atoms with Gasteiger partial charge in [0.15, 0.2) is 0 Å². The summed E-state index contributed by atoms with van der Waals surface area (Å²) in [6, 6.07) is 5.57. The molecule has 0 spiro atoms. The molecular weight excluding hydrogens is 322 g/mol. The van der Waals surface area contributed by atoms with Crippen LogP contribution in [0.1, 0.15) is 18.2 Å². The standard InChI is InChI=1S/C14H17N3O3S2/c1-10-3-5-13(6-4-10)22(19,20)17-11(2)14(18)15-7-12-8-21-9-16-12/h3-6,8-9,11,17H,7H2,1-2H3,(H,15,18)/t11-/m0/s1. The molecule has 0 aliphatic heterocycles. The summed E-state index contributed by atoms with van der Waals surface area (Å²) >= 11 is 1.43. The van der Waals surface area contributed by atoms with Gasteiger partial charge in [-0.15, -0.1) is 11.3 Å². The molecule has 118 valence electrons. The Kier molecular flexibility index (Phi) is 5.28. The fraction of sp³-hybridized carbons (Fsp3) is 0.286. The normalized spacial score (nSPS) is 12.8. The zero-order valence-electron chi connectivity index (χ0n) is 12.2. The molecule has 1 amide bonds. The number of hydrogen-bond acceptors (Lipinski definition) is 5. The summed E-state index contributed by atoms with van der Waals surface area (Å²) in [5, 5.41) is 4.47. The van der Waals surface area contributed by atoms with E-state index in [2.05, 4.69) is 15.0 Å². The molecule has 1 aromatic carbocycles. The molecule has 8 heteroatoms. The van der Waals surface area contributed by atoms with Crippen molar-refractivity contribution in [2.45, 2.75) is 31.3 Å². The van der Waals surface area contributed by atoms with Crippen LogP contribution in [0, 0.1) is 6.92 Å². The average Bonchev–Trinajstić information content (AvgIpc) is 2.98. The Hall–Kier alpha value is -1.77. The second-order valence-corrected chi connectivity index (χ2v) is 7.29. The van der Waals surface area contributed by atoms with Gasteiger partial charge < -0.3 is 5.32 Å². The van der Waals surface area contributed by atoms with E-state index in [0.29, 0.717) is 0 Å². The van der Waals surface area contributed by atoms with Gasteiger partial charge in [-0.1, -0.05) is 17.7 Å². The number of benzene rings is 1. The highest BCUT2D eigenvalue weighted by Gasteiger charge is 2.21. The number of aromatic nitrogens is 1. The Labute approximate surface area is 133 Å². The largest absolute Gasteiger partial charge is 0.349 e. The molecule has 2 aromatic rings. The van der Waals surface area contributed by atoms with Crippen molar-refractivity contribution in [1.29, 1.82) is 0 Å². The lowest BCUT2D eigenvalue weighted by atomic mass is 10.2. The van der Waals surface area contributed by atoms with Gasteiger partial charge in [-0.25, -0.2) is 13.4 Å². The van der Waals surface area contributed by atoms with Crippen LogP contribution in [0.3, 0.4) is 0 Å². The molecule has 6 nitrogen and oxygen atoms in total. The number of aryl methyl sites for hydroxylation is 1. The van der Waals surface area contributed by atoms with Crippen LogP contribution in [0.15, 0.2) is 40.1 Å². The molecule has 0 bridgehead atoms. The number of nitrogens with zero attached hydrogens (tertiary/aromatic N) is 1. The Morgan fingerprint density at radius 3 is 2.59 bits per heavy atom. The van der Waals surface area contributed by atoms with Crippen molar-refractivity contribution in [3.8, 4) is 0 Å². The predicted molar refractivity (Wildman–Crippen MR) is 84.9 cm³/mol. The Balaban J connectivity index is 1.96. The Morgan fingerprint density at radius 2 is 2.00 bits per heavy atom. The Morgan fingerprint density at radius 1 is 1.32 bits per heavy atom. The number of rotatable bonds is 6. The summed E-state index contributed by atoms with van der Waals surface area (Å²) in [6.45, 7) is 3.65. The summed E-state index contributed by atoms with van der Waals surface area (Å²) in [7, 11) is -3.72. The lowest BCUT2D eigenvalue weighted by Gasteiger charge is -2.14. The lowest BCUT2D eigenvalue weighted by Crippen LogP contribution is -2.44. The van der Waals surface area contributed by atoms with E-state index in [1.807, 2.05) is 12.3 Å². The average molecular weight is 339 g/mol. The maximum absolute atomic E-state index is 12.2. The summed E-state index contributed by atoms with van der Waals surface area (Å²) in [5.41, 5.74) is 3.38. The van der Waals surface area contributed by atoms with E-state index in [0.717, 1.165) is 11.3 Å². The molecule has 22 heavy (non-hydrogen) atoms. The summed E-state index contributed by atoms with van der Waals surface area (Å²) in [6.07, 6.45) is 0. The van der Waals surface area contributed by atoms with Crippen molar-refractivity contribution >= 4 is 27.3 Å². The molecule has 1 aromatic heterocycles. The zero-order valence-corrected chi connectivity index (χ0v) is 13.9. The van der Waals surface area contributed by atoms with Crippen LogP contribution in [0.25, 0.3) is 0 Å². The molecule has 0 saturated heterocycles. The van der Waals surface area contributed by atoms with Gasteiger partial charge >= 0.3 is 0 Å². The number of hydrogen-bond donors (Lipinski definition) is 2. The molecule has 0 saturated carbocycles. The van der Waals surface area contributed by atoms with Crippen molar-refractivity contribution in [2.75, 3.05) is 0 Å². The van der Waals surface area contributed by atoms with E-state index in [4.69, 9.17) is 0 Å². The number of carbonyl (C=O) groups is 1. The highest BCUT2D eigenvalue weighted by Crippen LogP contribution is 2.10. The van der Waals surface area contributed by atoms with Gasteiger partial charge in [0.25, 0.3) is 0 Å². The van der Waals surface area contributed by atoms with E-state index in [1.54, 1.807) is 17.6 Å². The van der Waals surface area contributed by atoms with Crippen LogP contribution in [0.5, 0.6) is 0 Å². The van der Waals surface area contributed by atoms with Crippen molar-refractivity contribution < 1.29 is 13.2 Å². The molecule has 2 N–H and O–H groups in total. The molecule has 0 aliphatic rings. The summed E-state index contributed by atoms with van der Waals surface area (Å²) < 4.78 is 26.7. The second kappa shape index (κ2) is 6.99. The monoisotopic (exact) mass is 339 g/mol. The first kappa shape index (κ1) is 16.6. The molecular formula is C14H17N3O3S2. The fourth-order valence-electron chi connectivity index (χ4n) is 1.73. The smallest absolute Gasteiger partial charge is 0.241 e. The predicted octanol–water partition coefficient (Wildman–Crippen LogP) is 1.43. The van der Waals surface area contributed by atoms with Gasteiger partial charge in [0, 0.05) is 5.38 Å². The van der Waals surface area contributed by atoms with Crippen molar-refractivity contribution in [1.82, 2.24) is 15.0 Å². The highest BCUT2D eigenvalue weighted by atomic mass is 32.2. The fourth-order valence-corrected chi connectivity index (χ4v) is 3.49. The van der Waals surface area contributed by atoms with Gasteiger partial charge in [-0.2, -0.15) is 4.72 Å². The van der Waals surface area contributed by atoms with Crippen LogP contribution in [0.4, 0.5) is 0 Å². The van der Waals surface area contributed by atoms with Crippen LogP contribution >= 0.6 is 11.3 Å². The van der Waals surface area contributed by atoms with Gasteiger partial charge in [0.05, 0.1) is 28.7 Å². The van der Waals surface area contributed by atoms with Crippen molar-refractivity contribution in [2.24, 2.45) is 0 Å². The molecule has 0 aliphatic carbocycles.